The zero-order valence-electron chi connectivity index (χ0n) is 24.1. The minimum absolute atomic E-state index is 0.0272. The lowest BCUT2D eigenvalue weighted by Crippen LogP contribution is -2.33. The van der Waals surface area contributed by atoms with Gasteiger partial charge < -0.3 is 20.3 Å². The molecule has 2 aromatic heterocycles. The predicted molar refractivity (Wildman–Crippen MR) is 154 cm³/mol. The summed E-state index contributed by atoms with van der Waals surface area (Å²) in [4.78, 5) is 24.5. The van der Waals surface area contributed by atoms with E-state index in [1.165, 1.54) is 24.1 Å². The van der Waals surface area contributed by atoms with Gasteiger partial charge in [-0.2, -0.15) is 4.31 Å². The van der Waals surface area contributed by atoms with E-state index >= 15 is 0 Å². The molecule has 3 heterocycles. The fourth-order valence-corrected chi connectivity index (χ4v) is 9.44. The molecule has 1 saturated heterocycles. The van der Waals surface area contributed by atoms with Gasteiger partial charge in [0.05, 0.1) is 19.0 Å². The minimum atomic E-state index is -4.89. The van der Waals surface area contributed by atoms with Gasteiger partial charge in [-0.15, -0.1) is 0 Å². The van der Waals surface area contributed by atoms with Crippen molar-refractivity contribution in [1.29, 1.82) is 0 Å². The lowest BCUT2D eigenvalue weighted by atomic mass is 10.2. The van der Waals surface area contributed by atoms with Crippen LogP contribution in [0.1, 0.15) is 25.1 Å². The first kappa shape index (κ1) is 34.3. The molecule has 0 aliphatic carbocycles. The summed E-state index contributed by atoms with van der Waals surface area (Å²) >= 11 is 0. The van der Waals surface area contributed by atoms with E-state index in [4.69, 9.17) is 37.4 Å². The summed E-state index contributed by atoms with van der Waals surface area (Å²) in [5.41, 5.74) is 7.19. The number of phosphoric acid groups is 2. The van der Waals surface area contributed by atoms with Crippen molar-refractivity contribution in [3.63, 3.8) is 0 Å². The highest BCUT2D eigenvalue weighted by atomic mass is 31.3. The lowest BCUT2D eigenvalue weighted by Gasteiger charge is -2.25. The summed E-state index contributed by atoms with van der Waals surface area (Å²) in [6.45, 7) is 1.87. The Hall–Kier alpha value is -2.59. The topological polar surface area (TPSA) is 235 Å². The van der Waals surface area contributed by atoms with E-state index in [-0.39, 0.29) is 18.8 Å². The van der Waals surface area contributed by atoms with Gasteiger partial charge in [-0.3, -0.25) is 27.5 Å². The van der Waals surface area contributed by atoms with Gasteiger partial charge in [0, 0.05) is 27.3 Å². The van der Waals surface area contributed by atoms with Gasteiger partial charge in [0.1, 0.15) is 30.6 Å². The normalized spacial score (nSPS) is 23.4. The van der Waals surface area contributed by atoms with Crippen LogP contribution >= 0.6 is 23.2 Å². The Balaban J connectivity index is 1.33. The molecule has 0 bridgehead atoms. The quantitative estimate of drug-likeness (QED) is 0.155. The van der Waals surface area contributed by atoms with E-state index in [2.05, 4.69) is 20.0 Å². The molecular formula is C23H33N6O12P3. The first-order valence-corrected chi connectivity index (χ1v) is 18.0. The summed E-state index contributed by atoms with van der Waals surface area (Å²) in [5, 5.41) is 13.0. The average molecular weight is 678 g/mol. The minimum Gasteiger partial charge on any atom is -0.460 e. The summed E-state index contributed by atoms with van der Waals surface area (Å²) in [6, 6.07) is 7.72. The van der Waals surface area contributed by atoms with Crippen molar-refractivity contribution in [2.75, 3.05) is 33.2 Å². The van der Waals surface area contributed by atoms with Crippen molar-refractivity contribution in [3.05, 3.63) is 48.5 Å². The van der Waals surface area contributed by atoms with Crippen LogP contribution in [0.25, 0.3) is 11.2 Å². The number of phosphoric ester groups is 1. The Morgan fingerprint density at radius 2 is 1.84 bits per heavy atom. The van der Waals surface area contributed by atoms with Gasteiger partial charge in [-0.25, -0.2) is 33.5 Å². The van der Waals surface area contributed by atoms with Gasteiger partial charge in [-0.1, -0.05) is 30.3 Å². The Morgan fingerprint density at radius 3 is 2.52 bits per heavy atom. The number of aliphatic hydroxyl groups is 1. The maximum atomic E-state index is 13.2. The van der Waals surface area contributed by atoms with Crippen molar-refractivity contribution in [2.45, 2.75) is 44.4 Å². The summed E-state index contributed by atoms with van der Waals surface area (Å²) in [6.07, 6.45) is -0.196. The summed E-state index contributed by atoms with van der Waals surface area (Å²) < 4.78 is 77.0. The number of hydrogen-bond acceptors (Lipinski definition) is 16. The molecule has 0 saturated carbocycles. The third-order valence-corrected chi connectivity index (χ3v) is 12.0. The molecular weight excluding hydrogens is 645 g/mol. The maximum Gasteiger partial charge on any atom is 0.490 e. The van der Waals surface area contributed by atoms with E-state index < -0.39 is 60.2 Å². The van der Waals surface area contributed by atoms with Crippen LogP contribution in [0.4, 0.5) is 5.82 Å². The molecule has 0 radical (unpaired) electrons. The number of anilines is 1. The number of esters is 1. The highest BCUT2D eigenvalue weighted by Gasteiger charge is 2.45. The second-order valence-corrected chi connectivity index (χ2v) is 15.6. The number of hydrogen-bond donors (Lipinski definition) is 3. The molecule has 1 aromatic carbocycles. The van der Waals surface area contributed by atoms with Crippen LogP contribution < -0.4 is 10.8 Å². The third kappa shape index (κ3) is 8.56. The lowest BCUT2D eigenvalue weighted by molar-refractivity contribution is -0.146. The van der Waals surface area contributed by atoms with Crippen molar-refractivity contribution in [1.82, 2.24) is 24.6 Å². The Bertz CT molecular complexity index is 1590. The Morgan fingerprint density at radius 1 is 1.14 bits per heavy atom. The first-order chi connectivity index (χ1) is 20.8. The molecule has 4 N–H and O–H groups in total. The number of aromatic nitrogens is 4. The Labute approximate surface area is 252 Å². The van der Waals surface area contributed by atoms with Crippen molar-refractivity contribution in [2.24, 2.45) is 0 Å². The van der Waals surface area contributed by atoms with E-state index in [1.54, 1.807) is 24.3 Å². The van der Waals surface area contributed by atoms with Gasteiger partial charge in [-0.05, 0) is 12.5 Å². The number of nitrogens with two attached hydrogens (primary N) is 1. The molecule has 0 spiro atoms. The monoisotopic (exact) mass is 678 g/mol. The molecule has 18 nitrogen and oxygen atoms in total. The molecule has 1 aliphatic rings. The number of nitrogen functional groups attached to an aromatic ring is 1. The molecule has 21 heteroatoms. The number of fused-ring (bicyclic) bond motifs is 1. The molecule has 4 rings (SSSR count). The molecule has 7 atom stereocenters. The van der Waals surface area contributed by atoms with Crippen molar-refractivity contribution in [3.8, 4) is 0 Å². The van der Waals surface area contributed by atoms with Gasteiger partial charge in [0.15, 0.2) is 17.7 Å². The highest BCUT2D eigenvalue weighted by Crippen LogP contribution is 2.70. The van der Waals surface area contributed by atoms with Crippen LogP contribution in [-0.2, 0) is 56.8 Å². The fraction of sp³-hybridized carbons (Fsp3) is 0.478. The third-order valence-electron chi connectivity index (χ3n) is 6.15. The number of rotatable bonds is 15. The van der Waals surface area contributed by atoms with Crippen LogP contribution in [-0.4, -0.2) is 76.3 Å². The second kappa shape index (κ2) is 14.2. The standard InChI is InChI=1S/C23H33N6O12P3/c1-15(23(31)37-11-16-8-6-5-7-9-16)28-42(4,32)40-44(34,36-3)41-43(33,35-2)38-12-17-10-18(30)22(39-17)29-14-27-19-20(24)25-13-26-21(19)29/h5-9,13-15,17-18,22,30H,10-12H2,1-4H3,(H,28,32)(H2,24,25,26)/t15-,17-,18-,22+,42?,43?,44?/m0/s1. The van der Waals surface area contributed by atoms with Crippen LogP contribution in [0.5, 0.6) is 0 Å². The smallest absolute Gasteiger partial charge is 0.460 e. The van der Waals surface area contributed by atoms with Crippen molar-refractivity contribution < 1.29 is 55.3 Å². The van der Waals surface area contributed by atoms with Crippen LogP contribution in [0.15, 0.2) is 43.0 Å². The van der Waals surface area contributed by atoms with E-state index in [0.29, 0.717) is 11.2 Å². The Kier molecular flexibility index (Phi) is 11.1. The fourth-order valence-electron chi connectivity index (χ4n) is 4.10. The second-order valence-electron chi connectivity index (χ2n) is 9.54. The highest BCUT2D eigenvalue weighted by molar-refractivity contribution is 7.70. The summed E-state index contributed by atoms with van der Waals surface area (Å²) in [7, 11) is -11.9. The number of carbonyl (C=O) groups excluding carboxylic acids is 1. The largest absolute Gasteiger partial charge is 0.490 e. The number of ether oxygens (including phenoxy) is 2. The molecule has 0 amide bonds. The molecule has 3 aromatic rings. The summed E-state index contributed by atoms with van der Waals surface area (Å²) in [5.74, 6) is -0.622. The molecule has 1 aliphatic heterocycles. The van der Waals surface area contributed by atoms with Gasteiger partial charge in [0.2, 0.25) is 0 Å². The number of aliphatic hydroxyl groups excluding tert-OH is 1. The number of nitrogens with zero attached hydrogens (tertiary/aromatic N) is 4. The molecule has 242 valence electrons. The number of carbonyl (C=O) groups is 1. The average Bonchev–Trinajstić information content (AvgIpc) is 3.58. The zero-order valence-corrected chi connectivity index (χ0v) is 26.8. The maximum absolute atomic E-state index is 13.2. The van der Waals surface area contributed by atoms with E-state index in [0.717, 1.165) is 26.4 Å². The molecule has 3 unspecified atom stereocenters. The van der Waals surface area contributed by atoms with Crippen LogP contribution in [0, 0.1) is 0 Å². The first-order valence-electron chi connectivity index (χ1n) is 13.0. The molecule has 44 heavy (non-hydrogen) atoms. The zero-order chi connectivity index (χ0) is 32.1. The van der Waals surface area contributed by atoms with E-state index in [9.17, 15) is 23.6 Å². The number of benzene rings is 1. The number of imidazole rings is 1. The van der Waals surface area contributed by atoms with Crippen LogP contribution in [0.2, 0.25) is 0 Å². The van der Waals surface area contributed by atoms with E-state index in [1.807, 2.05) is 6.07 Å². The van der Waals surface area contributed by atoms with Gasteiger partial charge >= 0.3 is 21.6 Å². The molecule has 1 fully saturated rings. The predicted octanol–water partition coefficient (Wildman–Crippen LogP) is 3.16. The van der Waals surface area contributed by atoms with Crippen molar-refractivity contribution >= 4 is 46.1 Å². The SMILES string of the molecule is COP(=O)(OC[C@@H]1C[C@H](O)[C@H](n2cnc3c(N)ncnc32)O1)OP(=O)(OC)OP(C)(=O)N[C@@H](C)C(=O)OCc1ccccc1. The number of nitrogens with one attached hydrogen (secondary N) is 1. The van der Waals surface area contributed by atoms with Gasteiger partial charge in [0.25, 0.3) is 7.52 Å². The van der Waals surface area contributed by atoms with Crippen LogP contribution in [0.3, 0.4) is 0 Å².